The van der Waals surface area contributed by atoms with Crippen LogP contribution in [0.15, 0.2) is 0 Å². The molecule has 0 fully saturated rings. The van der Waals surface area contributed by atoms with Gasteiger partial charge in [-0.3, -0.25) is 0 Å². The van der Waals surface area contributed by atoms with Gasteiger partial charge in [-0.05, 0) is 26.2 Å². The van der Waals surface area contributed by atoms with E-state index in [1.807, 2.05) is 6.92 Å². The van der Waals surface area contributed by atoms with E-state index in [4.69, 9.17) is 11.6 Å². The minimum absolute atomic E-state index is 0.589. The zero-order chi connectivity index (χ0) is 13.7. The Bertz CT molecular complexity index is 391. The predicted octanol–water partition coefficient (Wildman–Crippen LogP) is 3.87. The Balaban J connectivity index is 3.11. The second-order valence-electron chi connectivity index (χ2n) is 5.06. The van der Waals surface area contributed by atoms with E-state index in [9.17, 15) is 0 Å². The normalized spacial score (nSPS) is 11.1. The number of nitrogens with zero attached hydrogens (tertiary/aromatic N) is 3. The molecular formula is C14H24ClN3. The Morgan fingerprint density at radius 3 is 2.39 bits per heavy atom. The van der Waals surface area contributed by atoms with E-state index in [0.717, 1.165) is 43.1 Å². The molecule has 0 bridgehead atoms. The van der Waals surface area contributed by atoms with Crippen LogP contribution < -0.4 is 4.90 Å². The van der Waals surface area contributed by atoms with Crippen molar-refractivity contribution in [3.63, 3.8) is 0 Å². The van der Waals surface area contributed by atoms with Crippen molar-refractivity contribution in [3.8, 4) is 0 Å². The molecule has 0 spiro atoms. The number of aryl methyl sites for hydroxylation is 1. The lowest BCUT2D eigenvalue weighted by molar-refractivity contribution is 0.611. The summed E-state index contributed by atoms with van der Waals surface area (Å²) in [5.41, 5.74) is 0.985. The van der Waals surface area contributed by atoms with Gasteiger partial charge in [-0.2, -0.15) is 0 Å². The molecule has 1 heterocycles. The monoisotopic (exact) mass is 269 g/mol. The van der Waals surface area contributed by atoms with Crippen LogP contribution >= 0.6 is 11.6 Å². The molecule has 1 aromatic rings. The second-order valence-corrected chi connectivity index (χ2v) is 5.42. The molecule has 0 saturated carbocycles. The van der Waals surface area contributed by atoms with Crippen LogP contribution in [0.4, 0.5) is 5.82 Å². The van der Waals surface area contributed by atoms with Crippen LogP contribution in [0.1, 0.15) is 45.5 Å². The molecule has 0 saturated heterocycles. The van der Waals surface area contributed by atoms with Crippen molar-refractivity contribution < 1.29 is 0 Å². The summed E-state index contributed by atoms with van der Waals surface area (Å²) in [6.07, 6.45) is 1.92. The van der Waals surface area contributed by atoms with Crippen molar-refractivity contribution in [2.45, 2.75) is 47.5 Å². The van der Waals surface area contributed by atoms with E-state index in [0.29, 0.717) is 11.1 Å². The highest BCUT2D eigenvalue weighted by Gasteiger charge is 2.15. The van der Waals surface area contributed by atoms with Gasteiger partial charge in [0.1, 0.15) is 16.8 Å². The smallest absolute Gasteiger partial charge is 0.137 e. The highest BCUT2D eigenvalue weighted by Crippen LogP contribution is 2.24. The maximum atomic E-state index is 6.21. The van der Waals surface area contributed by atoms with Crippen molar-refractivity contribution in [1.29, 1.82) is 0 Å². The lowest BCUT2D eigenvalue weighted by Gasteiger charge is -2.26. The molecule has 0 radical (unpaired) electrons. The first-order valence-corrected chi connectivity index (χ1v) is 7.15. The zero-order valence-electron chi connectivity index (χ0n) is 12.1. The molecule has 0 aromatic carbocycles. The summed E-state index contributed by atoms with van der Waals surface area (Å²) >= 11 is 6.21. The Morgan fingerprint density at radius 2 is 1.89 bits per heavy atom. The van der Waals surface area contributed by atoms with Crippen LogP contribution in [-0.4, -0.2) is 23.1 Å². The summed E-state index contributed by atoms with van der Waals surface area (Å²) in [6, 6.07) is 0. The third kappa shape index (κ3) is 3.84. The molecule has 0 atom stereocenters. The van der Waals surface area contributed by atoms with Gasteiger partial charge < -0.3 is 4.90 Å². The quantitative estimate of drug-likeness (QED) is 0.734. The van der Waals surface area contributed by atoms with Gasteiger partial charge in [0, 0.05) is 25.1 Å². The van der Waals surface area contributed by atoms with Gasteiger partial charge in [0.25, 0.3) is 0 Å². The first-order valence-electron chi connectivity index (χ1n) is 6.77. The number of aromatic nitrogens is 2. The summed E-state index contributed by atoms with van der Waals surface area (Å²) < 4.78 is 0. The fourth-order valence-electron chi connectivity index (χ4n) is 1.97. The molecule has 0 N–H and O–H groups in total. The number of hydrogen-bond donors (Lipinski definition) is 0. The molecule has 0 amide bonds. The maximum absolute atomic E-state index is 6.21. The average molecular weight is 270 g/mol. The Kier molecular flexibility index (Phi) is 5.86. The Hall–Kier alpha value is -0.830. The van der Waals surface area contributed by atoms with Gasteiger partial charge in [-0.15, -0.1) is 0 Å². The number of rotatable bonds is 6. The largest absolute Gasteiger partial charge is 0.356 e. The van der Waals surface area contributed by atoms with E-state index < -0.39 is 0 Å². The van der Waals surface area contributed by atoms with E-state index in [1.165, 1.54) is 0 Å². The SMILES string of the molecule is CCCc1nc(Cl)c(C)c(N(CC)CC(C)C)n1. The van der Waals surface area contributed by atoms with Crippen molar-refractivity contribution in [3.05, 3.63) is 16.5 Å². The molecule has 0 aliphatic heterocycles. The van der Waals surface area contributed by atoms with Crippen molar-refractivity contribution in [2.24, 2.45) is 5.92 Å². The van der Waals surface area contributed by atoms with Crippen LogP contribution in [0.25, 0.3) is 0 Å². The van der Waals surface area contributed by atoms with Gasteiger partial charge in [-0.25, -0.2) is 9.97 Å². The lowest BCUT2D eigenvalue weighted by Crippen LogP contribution is -2.29. The molecule has 0 unspecified atom stereocenters. The fraction of sp³-hybridized carbons (Fsp3) is 0.714. The van der Waals surface area contributed by atoms with Crippen LogP contribution in [-0.2, 0) is 6.42 Å². The minimum Gasteiger partial charge on any atom is -0.356 e. The molecule has 0 aliphatic carbocycles. The molecule has 4 heteroatoms. The summed E-state index contributed by atoms with van der Waals surface area (Å²) in [5, 5.41) is 0.589. The van der Waals surface area contributed by atoms with E-state index in [1.54, 1.807) is 0 Å². The van der Waals surface area contributed by atoms with Crippen LogP contribution in [0.3, 0.4) is 0 Å². The van der Waals surface area contributed by atoms with Crippen LogP contribution in [0.2, 0.25) is 5.15 Å². The van der Waals surface area contributed by atoms with Crippen molar-refractivity contribution in [2.75, 3.05) is 18.0 Å². The average Bonchev–Trinajstić information content (AvgIpc) is 2.31. The first kappa shape index (κ1) is 15.2. The summed E-state index contributed by atoms with van der Waals surface area (Å²) in [4.78, 5) is 11.3. The number of hydrogen-bond acceptors (Lipinski definition) is 3. The zero-order valence-corrected chi connectivity index (χ0v) is 12.9. The third-order valence-corrected chi connectivity index (χ3v) is 3.22. The van der Waals surface area contributed by atoms with Crippen molar-refractivity contribution >= 4 is 17.4 Å². The fourth-order valence-corrected chi connectivity index (χ4v) is 2.15. The second kappa shape index (κ2) is 6.93. The summed E-state index contributed by atoms with van der Waals surface area (Å²) in [6.45, 7) is 12.6. The van der Waals surface area contributed by atoms with Gasteiger partial charge >= 0.3 is 0 Å². The molecule has 1 aromatic heterocycles. The van der Waals surface area contributed by atoms with Crippen LogP contribution in [0, 0.1) is 12.8 Å². The molecular weight excluding hydrogens is 246 g/mol. The molecule has 18 heavy (non-hydrogen) atoms. The predicted molar refractivity (Wildman–Crippen MR) is 78.5 cm³/mol. The summed E-state index contributed by atoms with van der Waals surface area (Å²) in [5.74, 6) is 2.45. The lowest BCUT2D eigenvalue weighted by atomic mass is 10.2. The van der Waals surface area contributed by atoms with E-state index in [-0.39, 0.29) is 0 Å². The number of halogens is 1. The minimum atomic E-state index is 0.589. The molecule has 3 nitrogen and oxygen atoms in total. The molecule has 1 rings (SSSR count). The Labute approximate surface area is 116 Å². The van der Waals surface area contributed by atoms with Gasteiger partial charge in [-0.1, -0.05) is 32.4 Å². The first-order chi connectivity index (χ1) is 8.49. The Morgan fingerprint density at radius 1 is 1.22 bits per heavy atom. The van der Waals surface area contributed by atoms with Gasteiger partial charge in [0.15, 0.2) is 0 Å². The van der Waals surface area contributed by atoms with E-state index in [2.05, 4.69) is 42.6 Å². The highest BCUT2D eigenvalue weighted by molar-refractivity contribution is 6.30. The standard InChI is InChI=1S/C14H24ClN3/c1-6-8-12-16-13(15)11(5)14(17-12)18(7-2)9-10(3)4/h10H,6-9H2,1-5H3. The van der Waals surface area contributed by atoms with Gasteiger partial charge in [0.2, 0.25) is 0 Å². The highest BCUT2D eigenvalue weighted by atomic mass is 35.5. The van der Waals surface area contributed by atoms with E-state index >= 15 is 0 Å². The van der Waals surface area contributed by atoms with Gasteiger partial charge in [0.05, 0.1) is 0 Å². The topological polar surface area (TPSA) is 29.0 Å². The molecule has 102 valence electrons. The third-order valence-electron chi connectivity index (χ3n) is 2.85. The molecule has 0 aliphatic rings. The number of anilines is 1. The maximum Gasteiger partial charge on any atom is 0.137 e. The van der Waals surface area contributed by atoms with Crippen LogP contribution in [0.5, 0.6) is 0 Å². The summed E-state index contributed by atoms with van der Waals surface area (Å²) in [7, 11) is 0. The van der Waals surface area contributed by atoms with Crippen molar-refractivity contribution in [1.82, 2.24) is 9.97 Å².